The number of halogens is 1. The van der Waals surface area contributed by atoms with Gasteiger partial charge in [0, 0.05) is 49.4 Å². The second-order valence-electron chi connectivity index (χ2n) is 7.21. The zero-order chi connectivity index (χ0) is 20.6. The number of nitrogens with zero attached hydrogens (tertiary/aromatic N) is 3. The standard InChI is InChI=1S/C22H26ClN3O3/c1-17(27)16-29-22(28)3-2-10-25-11-13-26(14-12-25)21-9-6-19(15-24-21)18-4-7-20(23)8-5-18/h4-9,15H,2-3,10-14,16H2,1H3. The predicted molar refractivity (Wildman–Crippen MR) is 114 cm³/mol. The molecule has 1 aromatic carbocycles. The lowest BCUT2D eigenvalue weighted by molar-refractivity contribution is -0.147. The Bertz CT molecular complexity index is 816. The van der Waals surface area contributed by atoms with E-state index in [-0.39, 0.29) is 18.4 Å². The fourth-order valence-electron chi connectivity index (χ4n) is 3.29. The summed E-state index contributed by atoms with van der Waals surface area (Å²) in [4.78, 5) is 31.6. The van der Waals surface area contributed by atoms with Gasteiger partial charge in [0.15, 0.2) is 5.78 Å². The van der Waals surface area contributed by atoms with Gasteiger partial charge in [-0.25, -0.2) is 4.98 Å². The van der Waals surface area contributed by atoms with E-state index in [0.29, 0.717) is 6.42 Å². The first-order chi connectivity index (χ1) is 14.0. The minimum Gasteiger partial charge on any atom is -0.458 e. The number of carbonyl (C=O) groups excluding carboxylic acids is 2. The smallest absolute Gasteiger partial charge is 0.306 e. The van der Waals surface area contributed by atoms with Crippen molar-refractivity contribution < 1.29 is 14.3 Å². The average molecular weight is 416 g/mol. The molecule has 29 heavy (non-hydrogen) atoms. The molecule has 1 aliphatic heterocycles. The van der Waals surface area contributed by atoms with Crippen LogP contribution in [0.2, 0.25) is 5.02 Å². The minimum absolute atomic E-state index is 0.124. The first kappa shape index (κ1) is 21.3. The molecule has 0 amide bonds. The van der Waals surface area contributed by atoms with Crippen molar-refractivity contribution in [3.63, 3.8) is 0 Å². The largest absolute Gasteiger partial charge is 0.458 e. The van der Waals surface area contributed by atoms with Crippen molar-refractivity contribution >= 4 is 29.2 Å². The van der Waals surface area contributed by atoms with Gasteiger partial charge in [-0.3, -0.25) is 14.5 Å². The van der Waals surface area contributed by atoms with Crippen LogP contribution in [-0.2, 0) is 14.3 Å². The van der Waals surface area contributed by atoms with Crippen molar-refractivity contribution in [2.45, 2.75) is 19.8 Å². The van der Waals surface area contributed by atoms with Crippen LogP contribution in [0.5, 0.6) is 0 Å². The first-order valence-electron chi connectivity index (χ1n) is 9.85. The van der Waals surface area contributed by atoms with Crippen LogP contribution >= 0.6 is 11.6 Å². The normalized spacial score (nSPS) is 14.6. The Kier molecular flexibility index (Phi) is 7.61. The van der Waals surface area contributed by atoms with Crippen molar-refractivity contribution in [1.82, 2.24) is 9.88 Å². The number of Topliss-reactive ketones (excluding diaryl/α,β-unsaturated/α-hetero) is 1. The SMILES string of the molecule is CC(=O)COC(=O)CCCN1CCN(c2ccc(-c3ccc(Cl)cc3)cn2)CC1. The number of rotatable bonds is 8. The third-order valence-electron chi connectivity index (χ3n) is 4.91. The molecule has 0 spiro atoms. The number of anilines is 1. The predicted octanol–water partition coefficient (Wildman–Crippen LogP) is 3.44. The number of hydrogen-bond acceptors (Lipinski definition) is 6. The Morgan fingerprint density at radius 2 is 1.72 bits per heavy atom. The van der Waals surface area contributed by atoms with E-state index in [1.165, 1.54) is 6.92 Å². The molecule has 0 radical (unpaired) electrons. The quantitative estimate of drug-likeness (QED) is 0.615. The molecular formula is C22H26ClN3O3. The summed E-state index contributed by atoms with van der Waals surface area (Å²) in [5.74, 6) is 0.545. The number of carbonyl (C=O) groups is 2. The number of pyridine rings is 1. The summed E-state index contributed by atoms with van der Waals surface area (Å²) in [6.45, 7) is 5.82. The summed E-state index contributed by atoms with van der Waals surface area (Å²) in [5.41, 5.74) is 2.17. The monoisotopic (exact) mass is 415 g/mol. The Balaban J connectivity index is 1.41. The molecule has 3 rings (SSSR count). The maximum Gasteiger partial charge on any atom is 0.306 e. The third-order valence-corrected chi connectivity index (χ3v) is 5.17. The first-order valence-corrected chi connectivity index (χ1v) is 10.2. The van der Waals surface area contributed by atoms with Crippen LogP contribution in [0.25, 0.3) is 11.1 Å². The maximum atomic E-state index is 11.6. The van der Waals surface area contributed by atoms with Gasteiger partial charge in [-0.1, -0.05) is 23.7 Å². The molecule has 6 nitrogen and oxygen atoms in total. The summed E-state index contributed by atoms with van der Waals surface area (Å²) in [7, 11) is 0. The van der Waals surface area contributed by atoms with Crippen molar-refractivity contribution in [3.05, 3.63) is 47.6 Å². The van der Waals surface area contributed by atoms with E-state index < -0.39 is 0 Å². The zero-order valence-electron chi connectivity index (χ0n) is 16.6. The number of ether oxygens (including phenoxy) is 1. The molecule has 0 bridgehead atoms. The van der Waals surface area contributed by atoms with Crippen LogP contribution in [0.3, 0.4) is 0 Å². The molecule has 0 saturated carbocycles. The van der Waals surface area contributed by atoms with Crippen LogP contribution in [0, 0.1) is 0 Å². The molecule has 1 aliphatic rings. The number of esters is 1. The number of piperazine rings is 1. The van der Waals surface area contributed by atoms with Crippen molar-refractivity contribution in [1.29, 1.82) is 0 Å². The lowest BCUT2D eigenvalue weighted by atomic mass is 10.1. The Morgan fingerprint density at radius 1 is 1.03 bits per heavy atom. The number of benzene rings is 1. The Labute approximate surface area is 176 Å². The van der Waals surface area contributed by atoms with E-state index in [9.17, 15) is 9.59 Å². The molecule has 1 saturated heterocycles. The topological polar surface area (TPSA) is 62.7 Å². The molecule has 7 heteroatoms. The highest BCUT2D eigenvalue weighted by Crippen LogP contribution is 2.23. The third kappa shape index (κ3) is 6.54. The van der Waals surface area contributed by atoms with Gasteiger partial charge in [-0.05, 0) is 49.7 Å². The van der Waals surface area contributed by atoms with Crippen LogP contribution in [0.15, 0.2) is 42.6 Å². The minimum atomic E-state index is -0.302. The van der Waals surface area contributed by atoms with Crippen LogP contribution < -0.4 is 4.90 Å². The highest BCUT2D eigenvalue weighted by molar-refractivity contribution is 6.30. The van der Waals surface area contributed by atoms with E-state index in [0.717, 1.165) is 61.1 Å². The van der Waals surface area contributed by atoms with Gasteiger partial charge in [0.05, 0.1) is 0 Å². The van der Waals surface area contributed by atoms with Crippen molar-refractivity contribution in [3.8, 4) is 11.1 Å². The Morgan fingerprint density at radius 3 is 2.34 bits per heavy atom. The van der Waals surface area contributed by atoms with E-state index in [4.69, 9.17) is 16.3 Å². The van der Waals surface area contributed by atoms with E-state index in [2.05, 4.69) is 26.9 Å². The van der Waals surface area contributed by atoms with Crippen molar-refractivity contribution in [2.75, 3.05) is 44.2 Å². The summed E-state index contributed by atoms with van der Waals surface area (Å²) in [6, 6.07) is 11.9. The zero-order valence-corrected chi connectivity index (χ0v) is 17.4. The summed E-state index contributed by atoms with van der Waals surface area (Å²) >= 11 is 5.95. The van der Waals surface area contributed by atoms with Gasteiger partial charge in [0.2, 0.25) is 0 Å². The second kappa shape index (κ2) is 10.4. The molecule has 0 unspecified atom stereocenters. The molecule has 154 valence electrons. The highest BCUT2D eigenvalue weighted by atomic mass is 35.5. The highest BCUT2D eigenvalue weighted by Gasteiger charge is 2.18. The maximum absolute atomic E-state index is 11.6. The molecule has 1 fully saturated rings. The lowest BCUT2D eigenvalue weighted by Crippen LogP contribution is -2.47. The molecule has 2 aromatic rings. The average Bonchev–Trinajstić information content (AvgIpc) is 2.73. The second-order valence-corrected chi connectivity index (χ2v) is 7.64. The molecule has 0 atom stereocenters. The Hall–Kier alpha value is -2.44. The molecular weight excluding hydrogens is 390 g/mol. The molecule has 0 N–H and O–H groups in total. The summed E-state index contributed by atoms with van der Waals surface area (Å²) < 4.78 is 4.89. The number of hydrogen-bond donors (Lipinski definition) is 0. The van der Waals surface area contributed by atoms with Gasteiger partial charge in [-0.2, -0.15) is 0 Å². The fourth-order valence-corrected chi connectivity index (χ4v) is 3.41. The van der Waals surface area contributed by atoms with Crippen molar-refractivity contribution in [2.24, 2.45) is 0 Å². The molecule has 2 heterocycles. The van der Waals surface area contributed by atoms with E-state index in [1.807, 2.05) is 30.5 Å². The van der Waals surface area contributed by atoms with Crippen LogP contribution in [-0.4, -0.2) is 61.0 Å². The van der Waals surface area contributed by atoms with Gasteiger partial charge < -0.3 is 9.64 Å². The number of ketones is 1. The summed E-state index contributed by atoms with van der Waals surface area (Å²) in [6.07, 6.45) is 2.99. The van der Waals surface area contributed by atoms with Gasteiger partial charge in [0.25, 0.3) is 0 Å². The summed E-state index contributed by atoms with van der Waals surface area (Å²) in [5, 5.41) is 0.726. The van der Waals surface area contributed by atoms with Gasteiger partial charge >= 0.3 is 5.97 Å². The lowest BCUT2D eigenvalue weighted by Gasteiger charge is -2.35. The van der Waals surface area contributed by atoms with E-state index >= 15 is 0 Å². The van der Waals surface area contributed by atoms with Crippen LogP contribution in [0.4, 0.5) is 5.82 Å². The van der Waals surface area contributed by atoms with Crippen LogP contribution in [0.1, 0.15) is 19.8 Å². The fraction of sp³-hybridized carbons (Fsp3) is 0.409. The van der Waals surface area contributed by atoms with Gasteiger partial charge in [-0.15, -0.1) is 0 Å². The molecule has 1 aromatic heterocycles. The molecule has 0 aliphatic carbocycles. The van der Waals surface area contributed by atoms with E-state index in [1.54, 1.807) is 0 Å². The number of aromatic nitrogens is 1. The van der Waals surface area contributed by atoms with Gasteiger partial charge in [0.1, 0.15) is 12.4 Å².